The van der Waals surface area contributed by atoms with Gasteiger partial charge in [-0.05, 0) is 44.7 Å². The van der Waals surface area contributed by atoms with Crippen molar-refractivity contribution in [1.82, 2.24) is 10.6 Å². The van der Waals surface area contributed by atoms with Crippen LogP contribution < -0.4 is 10.6 Å². The molecule has 0 spiro atoms. The van der Waals surface area contributed by atoms with E-state index in [9.17, 15) is 0 Å². The molecule has 4 heteroatoms. The second-order valence-corrected chi connectivity index (χ2v) is 5.40. The fraction of sp³-hybridized carbons (Fsp3) is 0.667. The first-order valence-electron chi connectivity index (χ1n) is 7.22. The predicted octanol–water partition coefficient (Wildman–Crippen LogP) is 3.00. The largest absolute Gasteiger partial charge is 0.464 e. The summed E-state index contributed by atoms with van der Waals surface area (Å²) >= 11 is 0. The SMILES string of the molecule is CN=C(NCCCC1CC1)NC(C)c1ccc(C)o1. The van der Waals surface area contributed by atoms with E-state index in [1.807, 2.05) is 19.1 Å². The number of furan rings is 1. The van der Waals surface area contributed by atoms with Crippen molar-refractivity contribution in [2.24, 2.45) is 10.9 Å². The number of guanidine groups is 1. The standard InChI is InChI=1S/C15H25N3O/c1-11-6-9-14(19-11)12(2)18-15(16-3)17-10-4-5-13-7-8-13/h6,9,12-13H,4-5,7-8,10H2,1-3H3,(H2,16,17,18). The van der Waals surface area contributed by atoms with Gasteiger partial charge in [0.05, 0.1) is 6.04 Å². The normalized spacial score (nSPS) is 17.3. The summed E-state index contributed by atoms with van der Waals surface area (Å²) in [6, 6.07) is 4.12. The van der Waals surface area contributed by atoms with Crippen LogP contribution in [-0.4, -0.2) is 19.6 Å². The molecule has 1 saturated carbocycles. The number of rotatable bonds is 6. The van der Waals surface area contributed by atoms with E-state index in [1.165, 1.54) is 25.7 Å². The van der Waals surface area contributed by atoms with Gasteiger partial charge in [0.25, 0.3) is 0 Å². The minimum absolute atomic E-state index is 0.128. The van der Waals surface area contributed by atoms with E-state index >= 15 is 0 Å². The Morgan fingerprint density at radius 2 is 2.26 bits per heavy atom. The molecule has 1 unspecified atom stereocenters. The van der Waals surface area contributed by atoms with Crippen molar-refractivity contribution in [3.05, 3.63) is 23.7 Å². The van der Waals surface area contributed by atoms with Gasteiger partial charge in [0, 0.05) is 13.6 Å². The van der Waals surface area contributed by atoms with Gasteiger partial charge in [-0.15, -0.1) is 0 Å². The van der Waals surface area contributed by atoms with Gasteiger partial charge in [-0.3, -0.25) is 4.99 Å². The van der Waals surface area contributed by atoms with Crippen LogP contribution in [0.15, 0.2) is 21.5 Å². The zero-order valence-electron chi connectivity index (χ0n) is 12.2. The molecule has 1 aromatic rings. The summed E-state index contributed by atoms with van der Waals surface area (Å²) in [5.41, 5.74) is 0. The number of aliphatic imine (C=N–C) groups is 1. The highest BCUT2D eigenvalue weighted by atomic mass is 16.3. The molecule has 1 fully saturated rings. The monoisotopic (exact) mass is 263 g/mol. The summed E-state index contributed by atoms with van der Waals surface area (Å²) < 4.78 is 5.61. The van der Waals surface area contributed by atoms with Crippen LogP contribution in [0.25, 0.3) is 0 Å². The van der Waals surface area contributed by atoms with Gasteiger partial charge in [-0.1, -0.05) is 12.8 Å². The van der Waals surface area contributed by atoms with Crippen molar-refractivity contribution < 1.29 is 4.42 Å². The zero-order valence-corrected chi connectivity index (χ0v) is 12.2. The summed E-state index contributed by atoms with van der Waals surface area (Å²) in [5.74, 6) is 3.73. The molecule has 1 heterocycles. The van der Waals surface area contributed by atoms with E-state index in [0.717, 1.165) is 29.9 Å². The molecule has 2 rings (SSSR count). The lowest BCUT2D eigenvalue weighted by Gasteiger charge is -2.16. The maximum Gasteiger partial charge on any atom is 0.191 e. The molecule has 19 heavy (non-hydrogen) atoms. The predicted molar refractivity (Wildman–Crippen MR) is 78.3 cm³/mol. The molecule has 0 saturated heterocycles. The van der Waals surface area contributed by atoms with E-state index in [4.69, 9.17) is 4.42 Å². The lowest BCUT2D eigenvalue weighted by Crippen LogP contribution is -2.39. The Morgan fingerprint density at radius 1 is 1.47 bits per heavy atom. The van der Waals surface area contributed by atoms with Crippen molar-refractivity contribution in [1.29, 1.82) is 0 Å². The van der Waals surface area contributed by atoms with E-state index < -0.39 is 0 Å². The number of nitrogens with zero attached hydrogens (tertiary/aromatic N) is 1. The molecule has 2 N–H and O–H groups in total. The Morgan fingerprint density at radius 3 is 2.84 bits per heavy atom. The molecule has 1 atom stereocenters. The van der Waals surface area contributed by atoms with Crippen LogP contribution in [0.3, 0.4) is 0 Å². The van der Waals surface area contributed by atoms with E-state index in [-0.39, 0.29) is 6.04 Å². The minimum Gasteiger partial charge on any atom is -0.464 e. The quantitative estimate of drug-likeness (QED) is 0.471. The van der Waals surface area contributed by atoms with Gasteiger partial charge < -0.3 is 15.1 Å². The fourth-order valence-corrected chi connectivity index (χ4v) is 2.16. The fourth-order valence-electron chi connectivity index (χ4n) is 2.16. The molecule has 0 amide bonds. The van der Waals surface area contributed by atoms with Gasteiger partial charge in [-0.25, -0.2) is 0 Å². The lowest BCUT2D eigenvalue weighted by atomic mass is 10.2. The van der Waals surface area contributed by atoms with Crippen molar-refractivity contribution in [2.45, 2.75) is 45.6 Å². The number of nitrogens with one attached hydrogen (secondary N) is 2. The molecule has 106 valence electrons. The van der Waals surface area contributed by atoms with Crippen molar-refractivity contribution >= 4 is 5.96 Å². The Hall–Kier alpha value is -1.45. The topological polar surface area (TPSA) is 49.6 Å². The molecule has 0 radical (unpaired) electrons. The van der Waals surface area contributed by atoms with Crippen molar-refractivity contribution in [3.63, 3.8) is 0 Å². The van der Waals surface area contributed by atoms with Gasteiger partial charge in [0.2, 0.25) is 0 Å². The van der Waals surface area contributed by atoms with Crippen LogP contribution in [0.4, 0.5) is 0 Å². The highest BCUT2D eigenvalue weighted by molar-refractivity contribution is 5.79. The summed E-state index contributed by atoms with van der Waals surface area (Å²) in [6.45, 7) is 5.02. The van der Waals surface area contributed by atoms with Crippen LogP contribution in [0, 0.1) is 12.8 Å². The van der Waals surface area contributed by atoms with Crippen LogP contribution in [0.2, 0.25) is 0 Å². The Bertz CT molecular complexity index is 421. The van der Waals surface area contributed by atoms with E-state index in [1.54, 1.807) is 7.05 Å². The summed E-state index contributed by atoms with van der Waals surface area (Å²) in [5, 5.41) is 6.70. The molecule has 4 nitrogen and oxygen atoms in total. The van der Waals surface area contributed by atoms with Gasteiger partial charge in [-0.2, -0.15) is 0 Å². The van der Waals surface area contributed by atoms with E-state index in [0.29, 0.717) is 0 Å². The van der Waals surface area contributed by atoms with E-state index in [2.05, 4.69) is 22.5 Å². The van der Waals surface area contributed by atoms with Crippen molar-refractivity contribution in [2.75, 3.05) is 13.6 Å². The molecule has 0 aromatic carbocycles. The highest BCUT2D eigenvalue weighted by Gasteiger charge is 2.20. The first-order valence-corrected chi connectivity index (χ1v) is 7.22. The summed E-state index contributed by atoms with van der Waals surface area (Å²) in [7, 11) is 1.80. The molecule has 1 aromatic heterocycles. The summed E-state index contributed by atoms with van der Waals surface area (Å²) in [4.78, 5) is 4.25. The maximum atomic E-state index is 5.61. The minimum atomic E-state index is 0.128. The average Bonchev–Trinajstić information content (AvgIpc) is 3.13. The zero-order chi connectivity index (χ0) is 13.7. The Balaban J connectivity index is 1.71. The highest BCUT2D eigenvalue weighted by Crippen LogP contribution is 2.33. The Labute approximate surface area is 115 Å². The van der Waals surface area contributed by atoms with Gasteiger partial charge in [0.15, 0.2) is 5.96 Å². The Kier molecular flexibility index (Phi) is 4.88. The third kappa shape index (κ3) is 4.62. The summed E-state index contributed by atoms with van der Waals surface area (Å²) in [6.07, 6.45) is 5.43. The van der Waals surface area contributed by atoms with Crippen molar-refractivity contribution in [3.8, 4) is 0 Å². The second kappa shape index (κ2) is 6.64. The number of hydrogen-bond donors (Lipinski definition) is 2. The third-order valence-corrected chi connectivity index (χ3v) is 3.54. The third-order valence-electron chi connectivity index (χ3n) is 3.54. The first kappa shape index (κ1) is 14.0. The van der Waals surface area contributed by atoms with Crippen LogP contribution in [0.5, 0.6) is 0 Å². The smallest absolute Gasteiger partial charge is 0.191 e. The average molecular weight is 263 g/mol. The molecular formula is C15H25N3O. The van der Waals surface area contributed by atoms with Gasteiger partial charge in [0.1, 0.15) is 11.5 Å². The first-order chi connectivity index (χ1) is 9.19. The maximum absolute atomic E-state index is 5.61. The molecular weight excluding hydrogens is 238 g/mol. The molecule has 0 bridgehead atoms. The molecule has 1 aliphatic rings. The molecule has 0 aliphatic heterocycles. The number of hydrogen-bond acceptors (Lipinski definition) is 2. The van der Waals surface area contributed by atoms with Gasteiger partial charge >= 0.3 is 0 Å². The number of aryl methyl sites for hydroxylation is 1. The second-order valence-electron chi connectivity index (χ2n) is 5.40. The van der Waals surface area contributed by atoms with Crippen LogP contribution in [0.1, 0.15) is 50.2 Å². The van der Waals surface area contributed by atoms with Crippen LogP contribution >= 0.6 is 0 Å². The molecule has 1 aliphatic carbocycles. The lowest BCUT2D eigenvalue weighted by molar-refractivity contribution is 0.441. The van der Waals surface area contributed by atoms with Crippen LogP contribution in [-0.2, 0) is 0 Å².